The Morgan fingerprint density at radius 1 is 1.08 bits per heavy atom. The SMILES string of the molecule is C1=C[P]C(C2CCCCCC2)=C1. The molecule has 65 valence electrons. The molecule has 1 fully saturated rings. The molecule has 0 saturated heterocycles. The van der Waals surface area contributed by atoms with Crippen molar-refractivity contribution < 1.29 is 0 Å². The van der Waals surface area contributed by atoms with Crippen LogP contribution in [-0.4, -0.2) is 0 Å². The number of hydrogen-bond donors (Lipinski definition) is 0. The summed E-state index contributed by atoms with van der Waals surface area (Å²) in [5.74, 6) is 3.18. The van der Waals surface area contributed by atoms with Gasteiger partial charge in [0.2, 0.25) is 0 Å². The molecule has 1 heteroatoms. The minimum absolute atomic E-state index is 0.921. The quantitative estimate of drug-likeness (QED) is 0.415. The fourth-order valence-electron chi connectivity index (χ4n) is 2.13. The number of allylic oxidation sites excluding steroid dienone is 3. The zero-order chi connectivity index (χ0) is 8.23. The van der Waals surface area contributed by atoms with Crippen LogP contribution in [0.1, 0.15) is 38.5 Å². The zero-order valence-electron chi connectivity index (χ0n) is 7.50. The minimum Gasteiger partial charge on any atom is -0.0608 e. The van der Waals surface area contributed by atoms with Crippen LogP contribution < -0.4 is 0 Å². The van der Waals surface area contributed by atoms with E-state index < -0.39 is 0 Å². The average Bonchev–Trinajstić information content (AvgIpc) is 2.48. The van der Waals surface area contributed by atoms with Crippen LogP contribution >= 0.6 is 8.58 Å². The van der Waals surface area contributed by atoms with E-state index in [9.17, 15) is 0 Å². The Morgan fingerprint density at radius 3 is 2.42 bits per heavy atom. The van der Waals surface area contributed by atoms with Crippen LogP contribution in [0.3, 0.4) is 0 Å². The molecule has 1 saturated carbocycles. The lowest BCUT2D eigenvalue weighted by Gasteiger charge is -2.14. The van der Waals surface area contributed by atoms with Gasteiger partial charge in [0.05, 0.1) is 0 Å². The maximum absolute atomic E-state index is 2.33. The molecular weight excluding hydrogens is 163 g/mol. The summed E-state index contributed by atoms with van der Waals surface area (Å²) in [6.45, 7) is 0. The molecule has 0 aromatic carbocycles. The topological polar surface area (TPSA) is 0 Å². The van der Waals surface area contributed by atoms with E-state index in [0.717, 1.165) is 5.92 Å². The van der Waals surface area contributed by atoms with Gasteiger partial charge in [-0.3, -0.25) is 0 Å². The van der Waals surface area contributed by atoms with Gasteiger partial charge in [0.1, 0.15) is 0 Å². The third-order valence-corrected chi connectivity index (χ3v) is 3.98. The second kappa shape index (κ2) is 4.23. The molecule has 1 aliphatic carbocycles. The predicted octanol–water partition coefficient (Wildman–Crippen LogP) is 4.31. The molecule has 2 rings (SSSR count). The van der Waals surface area contributed by atoms with Crippen molar-refractivity contribution in [3.63, 3.8) is 0 Å². The van der Waals surface area contributed by atoms with Crippen LogP contribution in [0.5, 0.6) is 0 Å². The molecule has 1 heterocycles. The lowest BCUT2D eigenvalue weighted by molar-refractivity contribution is 0.551. The Hall–Kier alpha value is -0.0900. The third-order valence-electron chi connectivity index (χ3n) is 2.85. The van der Waals surface area contributed by atoms with Crippen molar-refractivity contribution in [2.24, 2.45) is 5.92 Å². The highest BCUT2D eigenvalue weighted by atomic mass is 31.1. The first-order chi connectivity index (χ1) is 5.97. The van der Waals surface area contributed by atoms with E-state index in [2.05, 4.69) is 18.0 Å². The van der Waals surface area contributed by atoms with Gasteiger partial charge < -0.3 is 0 Å². The molecule has 0 aromatic rings. The van der Waals surface area contributed by atoms with Gasteiger partial charge in [-0.2, -0.15) is 0 Å². The molecule has 0 nitrogen and oxygen atoms in total. The monoisotopic (exact) mass is 179 g/mol. The Morgan fingerprint density at radius 2 is 1.83 bits per heavy atom. The lowest BCUT2D eigenvalue weighted by Crippen LogP contribution is -1.97. The van der Waals surface area contributed by atoms with Crippen LogP contribution in [0.4, 0.5) is 0 Å². The van der Waals surface area contributed by atoms with Gasteiger partial charge in [-0.25, -0.2) is 0 Å². The Bertz CT molecular complexity index is 195. The highest BCUT2D eigenvalue weighted by Crippen LogP contribution is 2.41. The molecule has 0 bridgehead atoms. The van der Waals surface area contributed by atoms with Gasteiger partial charge in [-0.15, -0.1) is 0 Å². The highest BCUT2D eigenvalue weighted by Gasteiger charge is 2.16. The molecule has 0 aromatic heterocycles. The summed E-state index contributed by atoms with van der Waals surface area (Å²) in [5, 5.41) is 1.68. The van der Waals surface area contributed by atoms with Gasteiger partial charge in [0.25, 0.3) is 0 Å². The summed E-state index contributed by atoms with van der Waals surface area (Å²) >= 11 is 0. The lowest BCUT2D eigenvalue weighted by atomic mass is 9.99. The second-order valence-electron chi connectivity index (χ2n) is 3.75. The zero-order valence-corrected chi connectivity index (χ0v) is 8.39. The molecule has 0 amide bonds. The van der Waals surface area contributed by atoms with Gasteiger partial charge in [0.15, 0.2) is 0 Å². The first-order valence-corrected chi connectivity index (χ1v) is 6.01. The molecule has 12 heavy (non-hydrogen) atoms. The summed E-state index contributed by atoms with van der Waals surface area (Å²) < 4.78 is 0. The molecule has 0 atom stereocenters. The van der Waals surface area contributed by atoms with Crippen LogP contribution in [0, 0.1) is 5.92 Å². The minimum atomic E-state index is 0.921. The molecule has 2 aliphatic rings. The van der Waals surface area contributed by atoms with E-state index in [1.54, 1.807) is 5.31 Å². The van der Waals surface area contributed by atoms with Crippen molar-refractivity contribution >= 4 is 8.58 Å². The smallest absolute Gasteiger partial charge is 0.0151 e. The van der Waals surface area contributed by atoms with E-state index in [1.807, 2.05) is 0 Å². The van der Waals surface area contributed by atoms with E-state index >= 15 is 0 Å². The summed E-state index contributed by atoms with van der Waals surface area (Å²) in [6.07, 6.45) is 13.3. The molecule has 0 spiro atoms. The van der Waals surface area contributed by atoms with Gasteiger partial charge in [-0.05, 0) is 32.7 Å². The summed E-state index contributed by atoms with van der Waals surface area (Å²) in [6, 6.07) is 0. The van der Waals surface area contributed by atoms with Crippen molar-refractivity contribution in [1.82, 2.24) is 0 Å². The standard InChI is InChI=1S/C11H16P/c1-2-4-7-10(6-3-1)11-8-5-9-12-11/h5,8-10H,1-4,6-7H2. The first kappa shape index (κ1) is 8.51. The van der Waals surface area contributed by atoms with Crippen LogP contribution in [0.25, 0.3) is 0 Å². The Labute approximate surface area is 76.9 Å². The predicted molar refractivity (Wildman–Crippen MR) is 55.3 cm³/mol. The molecule has 0 N–H and O–H groups in total. The molecule has 1 aliphatic heterocycles. The van der Waals surface area contributed by atoms with Gasteiger partial charge in [-0.1, -0.05) is 43.7 Å². The van der Waals surface area contributed by atoms with Crippen molar-refractivity contribution in [2.45, 2.75) is 38.5 Å². The number of hydrogen-bond acceptors (Lipinski definition) is 0. The summed E-state index contributed by atoms with van der Waals surface area (Å²) in [4.78, 5) is 0. The van der Waals surface area contributed by atoms with Crippen molar-refractivity contribution in [3.05, 3.63) is 23.3 Å². The van der Waals surface area contributed by atoms with Crippen molar-refractivity contribution in [3.8, 4) is 0 Å². The normalized spacial score (nSPS) is 27.5. The molecule has 1 radical (unpaired) electrons. The largest absolute Gasteiger partial charge is 0.0608 e. The maximum Gasteiger partial charge on any atom is -0.0151 e. The molecular formula is C11H16P. The number of rotatable bonds is 1. The second-order valence-corrected chi connectivity index (χ2v) is 4.82. The Kier molecular flexibility index (Phi) is 3.00. The highest BCUT2D eigenvalue weighted by molar-refractivity contribution is 7.47. The van der Waals surface area contributed by atoms with Gasteiger partial charge >= 0.3 is 0 Å². The van der Waals surface area contributed by atoms with Crippen molar-refractivity contribution in [2.75, 3.05) is 0 Å². The summed E-state index contributed by atoms with van der Waals surface area (Å²) in [5.41, 5.74) is 0. The van der Waals surface area contributed by atoms with E-state index in [-0.39, 0.29) is 0 Å². The molecule has 0 unspecified atom stereocenters. The fraction of sp³-hybridized carbons (Fsp3) is 0.636. The first-order valence-electron chi connectivity index (χ1n) is 5.04. The Balaban J connectivity index is 1.93. The third kappa shape index (κ3) is 1.98. The van der Waals surface area contributed by atoms with E-state index in [1.165, 1.54) is 47.1 Å². The van der Waals surface area contributed by atoms with Crippen LogP contribution in [-0.2, 0) is 0 Å². The van der Waals surface area contributed by atoms with Crippen molar-refractivity contribution in [1.29, 1.82) is 0 Å². The fourth-order valence-corrected chi connectivity index (χ4v) is 3.12. The maximum atomic E-state index is 2.33. The average molecular weight is 179 g/mol. The van der Waals surface area contributed by atoms with Gasteiger partial charge in [0, 0.05) is 0 Å². The van der Waals surface area contributed by atoms with Crippen LogP contribution in [0.2, 0.25) is 0 Å². The van der Waals surface area contributed by atoms with E-state index in [4.69, 9.17) is 0 Å². The van der Waals surface area contributed by atoms with E-state index in [0.29, 0.717) is 0 Å². The van der Waals surface area contributed by atoms with Crippen LogP contribution in [0.15, 0.2) is 23.3 Å². The summed E-state index contributed by atoms with van der Waals surface area (Å²) in [7, 11) is 1.47.